The Bertz CT molecular complexity index is 2060. The molecule has 3 N–H and O–H groups in total. The normalized spacial score (nSPS) is 16.0. The largest absolute Gasteiger partial charge is 0.478 e. The molecule has 3 aromatic carbocycles. The van der Waals surface area contributed by atoms with Crippen LogP contribution in [0.5, 0.6) is 0 Å². The number of nitrogens with zero attached hydrogens (tertiary/aromatic N) is 2. The zero-order chi connectivity index (χ0) is 39.4. The van der Waals surface area contributed by atoms with Crippen molar-refractivity contribution < 1.29 is 29.0 Å². The van der Waals surface area contributed by atoms with Gasteiger partial charge in [0.05, 0.1) is 11.1 Å². The molecule has 4 aromatic rings. The maximum atomic E-state index is 13.9. The first-order valence-electron chi connectivity index (χ1n) is 19.9. The molecule has 2 aliphatic carbocycles. The molecule has 56 heavy (non-hydrogen) atoms. The second kappa shape index (κ2) is 17.0. The van der Waals surface area contributed by atoms with E-state index >= 15 is 0 Å². The predicted molar refractivity (Wildman–Crippen MR) is 220 cm³/mol. The van der Waals surface area contributed by atoms with Gasteiger partial charge in [-0.2, -0.15) is 0 Å². The number of aryl methyl sites for hydroxylation is 3. The molecule has 0 spiro atoms. The molecule has 2 fully saturated rings. The number of hydrogen-bond donors (Lipinski definition) is 3. The number of anilines is 2. The maximum Gasteiger partial charge on any atom is 0.410 e. The Morgan fingerprint density at radius 3 is 2.07 bits per heavy atom. The quantitative estimate of drug-likeness (QED) is 0.131. The molecule has 0 atom stereocenters. The SMILES string of the molecule is CC(C)(C)OC(=O)N1CCC(N(Cc2cccc(C(=O)Nc3sc4c(c3C(=O)Nc3ccc(CCc5ccc(C(=O)O)cc5)cc3)CCCC4)c2)C2CC2)CC1. The van der Waals surface area contributed by atoms with Gasteiger partial charge in [0.25, 0.3) is 11.8 Å². The Balaban J connectivity index is 0.988. The van der Waals surface area contributed by atoms with Crippen LogP contribution in [0.15, 0.2) is 72.8 Å². The number of nitrogens with one attached hydrogen (secondary N) is 2. The minimum Gasteiger partial charge on any atom is -0.478 e. The lowest BCUT2D eigenvalue weighted by atomic mass is 9.95. The number of carbonyl (C=O) groups excluding carboxylic acids is 3. The van der Waals surface area contributed by atoms with Gasteiger partial charge in [0.2, 0.25) is 0 Å². The molecule has 0 radical (unpaired) electrons. The summed E-state index contributed by atoms with van der Waals surface area (Å²) in [4.78, 5) is 57.2. The highest BCUT2D eigenvalue weighted by molar-refractivity contribution is 7.17. The van der Waals surface area contributed by atoms with Gasteiger partial charge < -0.3 is 25.4 Å². The van der Waals surface area contributed by atoms with Gasteiger partial charge in [0.1, 0.15) is 10.6 Å². The van der Waals surface area contributed by atoms with Crippen LogP contribution in [-0.4, -0.2) is 69.6 Å². The summed E-state index contributed by atoms with van der Waals surface area (Å²) in [6, 6.07) is 23.4. The predicted octanol–water partition coefficient (Wildman–Crippen LogP) is 8.98. The molecule has 11 heteroatoms. The average molecular weight is 777 g/mol. The van der Waals surface area contributed by atoms with Crippen LogP contribution in [0.2, 0.25) is 0 Å². The number of ether oxygens (including phenoxy) is 1. The smallest absolute Gasteiger partial charge is 0.410 e. The molecular formula is C45H52N4O6S. The Kier molecular flexibility index (Phi) is 11.9. The molecular weight excluding hydrogens is 725 g/mol. The van der Waals surface area contributed by atoms with Gasteiger partial charge in [0.15, 0.2) is 0 Å². The number of carboxylic acid groups (broad SMARTS) is 1. The summed E-state index contributed by atoms with van der Waals surface area (Å²) in [5.41, 5.74) is 5.83. The van der Waals surface area contributed by atoms with E-state index in [2.05, 4.69) is 21.6 Å². The lowest BCUT2D eigenvalue weighted by Crippen LogP contribution is -2.48. The third-order valence-electron chi connectivity index (χ3n) is 10.9. The Morgan fingerprint density at radius 1 is 0.786 bits per heavy atom. The number of rotatable bonds is 12. The summed E-state index contributed by atoms with van der Waals surface area (Å²) >= 11 is 1.51. The summed E-state index contributed by atoms with van der Waals surface area (Å²) in [6.45, 7) is 7.76. The van der Waals surface area contributed by atoms with Gasteiger partial charge in [-0.15, -0.1) is 11.3 Å². The second-order valence-corrected chi connectivity index (χ2v) is 17.4. The summed E-state index contributed by atoms with van der Waals surface area (Å²) in [5, 5.41) is 16.0. The number of amides is 3. The van der Waals surface area contributed by atoms with Crippen molar-refractivity contribution in [3.05, 3.63) is 117 Å². The summed E-state index contributed by atoms with van der Waals surface area (Å²) in [6.07, 6.45) is 9.18. The first kappa shape index (κ1) is 39.2. The molecule has 294 valence electrons. The van der Waals surface area contributed by atoms with Crippen molar-refractivity contribution >= 4 is 45.9 Å². The maximum absolute atomic E-state index is 13.9. The van der Waals surface area contributed by atoms with E-state index in [0.29, 0.717) is 47.0 Å². The number of likely N-dealkylation sites (tertiary alicyclic amines) is 1. The Labute approximate surface area is 333 Å². The number of benzene rings is 3. The van der Waals surface area contributed by atoms with Gasteiger partial charge in [-0.25, -0.2) is 9.59 Å². The van der Waals surface area contributed by atoms with E-state index in [-0.39, 0.29) is 23.5 Å². The van der Waals surface area contributed by atoms with Gasteiger partial charge in [-0.1, -0.05) is 36.4 Å². The van der Waals surface area contributed by atoms with E-state index in [4.69, 9.17) is 9.84 Å². The van der Waals surface area contributed by atoms with Gasteiger partial charge in [-0.3, -0.25) is 14.5 Å². The third kappa shape index (κ3) is 9.86. The molecule has 3 amide bonds. The van der Waals surface area contributed by atoms with Crippen molar-refractivity contribution in [1.82, 2.24) is 9.80 Å². The number of piperidine rings is 1. The van der Waals surface area contributed by atoms with Gasteiger partial charge in [-0.05, 0) is 144 Å². The number of carboxylic acids is 1. The first-order valence-corrected chi connectivity index (χ1v) is 20.7. The number of hydrogen-bond acceptors (Lipinski definition) is 7. The number of fused-ring (bicyclic) bond motifs is 1. The van der Waals surface area contributed by atoms with E-state index in [9.17, 15) is 19.2 Å². The highest BCUT2D eigenvalue weighted by Crippen LogP contribution is 2.39. The zero-order valence-electron chi connectivity index (χ0n) is 32.6. The molecule has 1 aromatic heterocycles. The van der Waals surface area contributed by atoms with Crippen LogP contribution in [0.1, 0.15) is 118 Å². The molecule has 1 saturated carbocycles. The fourth-order valence-electron chi connectivity index (χ4n) is 7.81. The van der Waals surface area contributed by atoms with Gasteiger partial charge >= 0.3 is 12.1 Å². The molecule has 1 aliphatic heterocycles. The first-order chi connectivity index (χ1) is 26.9. The van der Waals surface area contributed by atoms with Crippen LogP contribution in [-0.2, 0) is 37.0 Å². The van der Waals surface area contributed by atoms with Crippen molar-refractivity contribution in [3.63, 3.8) is 0 Å². The fourth-order valence-corrected chi connectivity index (χ4v) is 9.09. The minimum atomic E-state index is -0.935. The molecule has 7 rings (SSSR count). The molecule has 2 heterocycles. The lowest BCUT2D eigenvalue weighted by Gasteiger charge is -2.39. The van der Waals surface area contributed by atoms with Gasteiger partial charge in [0, 0.05) is 47.8 Å². The monoisotopic (exact) mass is 776 g/mol. The van der Waals surface area contributed by atoms with E-state index in [1.54, 1.807) is 12.1 Å². The van der Waals surface area contributed by atoms with Crippen molar-refractivity contribution in [3.8, 4) is 0 Å². The van der Waals surface area contributed by atoms with E-state index in [0.717, 1.165) is 97.9 Å². The van der Waals surface area contributed by atoms with Crippen molar-refractivity contribution in [2.45, 2.75) is 109 Å². The highest BCUT2D eigenvalue weighted by atomic mass is 32.1. The van der Waals surface area contributed by atoms with Crippen LogP contribution in [0.4, 0.5) is 15.5 Å². The van der Waals surface area contributed by atoms with Crippen LogP contribution in [0.3, 0.4) is 0 Å². The van der Waals surface area contributed by atoms with Crippen LogP contribution >= 0.6 is 11.3 Å². The average Bonchev–Trinajstić information content (AvgIpc) is 3.96. The van der Waals surface area contributed by atoms with E-state index < -0.39 is 11.6 Å². The molecule has 3 aliphatic rings. The molecule has 0 unspecified atom stereocenters. The summed E-state index contributed by atoms with van der Waals surface area (Å²) in [5.74, 6) is -1.39. The Morgan fingerprint density at radius 2 is 1.43 bits per heavy atom. The molecule has 0 bridgehead atoms. The van der Waals surface area contributed by atoms with Crippen LogP contribution in [0, 0.1) is 0 Å². The Hall–Kier alpha value is -5.00. The standard InChI is InChI=1S/C45H52N4O6S/c1-45(2,3)55-44(54)48-25-23-36(24-26-48)49(35-21-22-35)28-31-7-6-8-33(27-31)40(50)47-42-39(37-9-4-5-10-38(37)56-42)41(51)46-34-19-15-30(16-20-34)12-11-29-13-17-32(18-14-29)43(52)53/h6-8,13-20,27,35-36H,4-5,9-12,21-26,28H2,1-3H3,(H,46,51)(H,47,50)(H,52,53). The van der Waals surface area contributed by atoms with Crippen molar-refractivity contribution in [2.24, 2.45) is 0 Å². The molecule has 10 nitrogen and oxygen atoms in total. The second-order valence-electron chi connectivity index (χ2n) is 16.3. The third-order valence-corrected chi connectivity index (χ3v) is 12.1. The summed E-state index contributed by atoms with van der Waals surface area (Å²) < 4.78 is 5.61. The molecule has 1 saturated heterocycles. The lowest BCUT2D eigenvalue weighted by molar-refractivity contribution is 0.0131. The minimum absolute atomic E-state index is 0.225. The van der Waals surface area contributed by atoms with Crippen LogP contribution in [0.25, 0.3) is 0 Å². The number of carbonyl (C=O) groups is 4. The highest BCUT2D eigenvalue weighted by Gasteiger charge is 2.37. The topological polar surface area (TPSA) is 128 Å². The van der Waals surface area contributed by atoms with E-state index in [1.807, 2.05) is 80.3 Å². The summed E-state index contributed by atoms with van der Waals surface area (Å²) in [7, 11) is 0. The number of aromatic carboxylic acids is 1. The van der Waals surface area contributed by atoms with Crippen molar-refractivity contribution in [2.75, 3.05) is 23.7 Å². The fraction of sp³-hybridized carbons (Fsp3) is 0.422. The van der Waals surface area contributed by atoms with E-state index in [1.165, 1.54) is 11.3 Å². The van der Waals surface area contributed by atoms with Crippen molar-refractivity contribution in [1.29, 1.82) is 0 Å². The zero-order valence-corrected chi connectivity index (χ0v) is 33.4. The van der Waals surface area contributed by atoms with Crippen LogP contribution < -0.4 is 10.6 Å². The number of thiophene rings is 1.